The fourth-order valence-corrected chi connectivity index (χ4v) is 9.76. The fraction of sp³-hybridized carbons (Fsp3) is 0.593. The van der Waals surface area contributed by atoms with Crippen molar-refractivity contribution in [1.29, 1.82) is 0 Å². The molecule has 0 unspecified atom stereocenters. The largest absolute Gasteiger partial charge is 0.363 e. The van der Waals surface area contributed by atoms with E-state index in [2.05, 4.69) is 55.6 Å². The van der Waals surface area contributed by atoms with Crippen LogP contribution in [-0.4, -0.2) is 134 Å². The average molecular weight is 963 g/mol. The number of benzene rings is 2. The van der Waals surface area contributed by atoms with Crippen molar-refractivity contribution in [3.8, 4) is 23.7 Å². The summed E-state index contributed by atoms with van der Waals surface area (Å²) in [5.74, 6) is 10.0. The maximum absolute atomic E-state index is 14.1. The Labute approximate surface area is 414 Å². The van der Waals surface area contributed by atoms with Crippen LogP contribution < -0.4 is 31.9 Å². The highest BCUT2D eigenvalue weighted by molar-refractivity contribution is 5.95. The second-order valence-corrected chi connectivity index (χ2v) is 21.1. The normalized spacial score (nSPS) is 23.3. The molecule has 6 rings (SSSR count). The smallest absolute Gasteiger partial charge is 0.246 e. The quantitative estimate of drug-likeness (QED) is 0.136. The van der Waals surface area contributed by atoms with Crippen molar-refractivity contribution >= 4 is 35.4 Å². The zero-order valence-electron chi connectivity index (χ0n) is 42.6. The molecule has 2 saturated heterocycles. The molecule has 2 heterocycles. The first-order chi connectivity index (χ1) is 33.2. The maximum Gasteiger partial charge on any atom is 0.246 e. The number of fused-ring (bicyclic) bond motifs is 2. The number of amides is 6. The standard InChI is InChI=1S/C54H74N8O8/c1-33(55-9)47(63)59-45(53(3,4)5)51(67)61-27-19-25-39(61)49(65)57-43-37-23-15-13-21-35(37)31-41(43)69-29-17-11-12-18-30-70-42-32-36-22-14-16-24-38(36)44(42)58-50(66)40-26-20-28-62(40)52(68)46(54(6,7)8)60-48(64)34(2)56-10/h13-16,21-24,33-34,39-46,55-56H,19-20,25-32H2,1-10H3,(H,57,65)(H,58,66)(H,59,63)(H,60,64)/t33-,34-,39-,40-,41-,42-,43-,44-,45+,46+/m0/s1. The van der Waals surface area contributed by atoms with Gasteiger partial charge in [0, 0.05) is 25.9 Å². The minimum absolute atomic E-state index is 0.0667. The van der Waals surface area contributed by atoms with Crippen LogP contribution in [-0.2, 0) is 51.1 Å². The van der Waals surface area contributed by atoms with Gasteiger partial charge in [0.15, 0.2) is 0 Å². The van der Waals surface area contributed by atoms with Crippen molar-refractivity contribution in [3.63, 3.8) is 0 Å². The van der Waals surface area contributed by atoms with E-state index in [0.717, 1.165) is 22.3 Å². The first kappa shape index (κ1) is 53.6. The van der Waals surface area contributed by atoms with E-state index in [1.807, 2.05) is 90.1 Å². The van der Waals surface area contributed by atoms with Gasteiger partial charge in [-0.2, -0.15) is 0 Å². The molecule has 2 aliphatic carbocycles. The Morgan fingerprint density at radius 3 is 1.34 bits per heavy atom. The second-order valence-electron chi connectivity index (χ2n) is 21.1. The summed E-state index contributed by atoms with van der Waals surface area (Å²) in [4.78, 5) is 85.2. The van der Waals surface area contributed by atoms with Gasteiger partial charge in [-0.05, 0) is 98.6 Å². The number of hydrogen-bond donors (Lipinski definition) is 6. The fourth-order valence-electron chi connectivity index (χ4n) is 9.76. The third kappa shape index (κ3) is 12.8. The molecule has 70 heavy (non-hydrogen) atoms. The molecule has 2 aromatic rings. The molecule has 0 radical (unpaired) electrons. The van der Waals surface area contributed by atoms with Gasteiger partial charge in [0.2, 0.25) is 35.4 Å². The first-order valence-corrected chi connectivity index (χ1v) is 24.8. The Morgan fingerprint density at radius 2 is 0.986 bits per heavy atom. The molecule has 4 aliphatic rings. The van der Waals surface area contributed by atoms with E-state index < -0.39 is 71.4 Å². The van der Waals surface area contributed by atoms with Gasteiger partial charge in [-0.3, -0.25) is 28.8 Å². The molecule has 10 atom stereocenters. The Morgan fingerprint density at radius 1 is 0.614 bits per heavy atom. The Kier molecular flexibility index (Phi) is 17.9. The molecule has 16 heteroatoms. The van der Waals surface area contributed by atoms with Crippen molar-refractivity contribution < 1.29 is 38.2 Å². The number of nitrogens with zero attached hydrogens (tertiary/aromatic N) is 2. The topological polar surface area (TPSA) is 200 Å². The molecule has 2 aromatic carbocycles. The summed E-state index contributed by atoms with van der Waals surface area (Å²) in [5, 5.41) is 18.1. The molecule has 0 aromatic heterocycles. The molecular weight excluding hydrogens is 889 g/mol. The third-order valence-corrected chi connectivity index (χ3v) is 14.1. The van der Waals surface area contributed by atoms with Crippen LogP contribution in [0.5, 0.6) is 0 Å². The highest BCUT2D eigenvalue weighted by Crippen LogP contribution is 2.36. The minimum atomic E-state index is -0.818. The monoisotopic (exact) mass is 963 g/mol. The lowest BCUT2D eigenvalue weighted by Crippen LogP contribution is -2.59. The van der Waals surface area contributed by atoms with E-state index >= 15 is 0 Å². The van der Waals surface area contributed by atoms with Gasteiger partial charge in [0.05, 0.1) is 36.4 Å². The van der Waals surface area contributed by atoms with Crippen molar-refractivity contribution in [1.82, 2.24) is 41.7 Å². The Bertz CT molecular complexity index is 2210. The third-order valence-electron chi connectivity index (χ3n) is 14.1. The van der Waals surface area contributed by atoms with Crippen LogP contribution in [0.1, 0.15) is 115 Å². The van der Waals surface area contributed by atoms with Crippen LogP contribution in [0.4, 0.5) is 0 Å². The zero-order valence-corrected chi connectivity index (χ0v) is 42.6. The Balaban J connectivity index is 1.05. The summed E-state index contributed by atoms with van der Waals surface area (Å²) < 4.78 is 12.6. The predicted octanol–water partition coefficient (Wildman–Crippen LogP) is 2.85. The molecule has 2 fully saturated rings. The lowest BCUT2D eigenvalue weighted by Gasteiger charge is -2.36. The molecule has 0 saturated carbocycles. The number of hydrogen-bond acceptors (Lipinski definition) is 10. The summed E-state index contributed by atoms with van der Waals surface area (Å²) in [6, 6.07) is 10.8. The van der Waals surface area contributed by atoms with Crippen LogP contribution in [0.2, 0.25) is 0 Å². The van der Waals surface area contributed by atoms with Gasteiger partial charge in [-0.1, -0.05) is 102 Å². The maximum atomic E-state index is 14.1. The van der Waals surface area contributed by atoms with Crippen LogP contribution >= 0.6 is 0 Å². The lowest BCUT2D eigenvalue weighted by atomic mass is 9.85. The van der Waals surface area contributed by atoms with Gasteiger partial charge in [0.25, 0.3) is 0 Å². The molecule has 0 bridgehead atoms. The lowest BCUT2D eigenvalue weighted by molar-refractivity contribution is -0.144. The molecule has 16 nitrogen and oxygen atoms in total. The van der Waals surface area contributed by atoms with Crippen LogP contribution in [0.3, 0.4) is 0 Å². The van der Waals surface area contributed by atoms with E-state index in [1.54, 1.807) is 37.7 Å². The Hall–Kier alpha value is -5.78. The highest BCUT2D eigenvalue weighted by atomic mass is 16.5. The second kappa shape index (κ2) is 23.4. The van der Waals surface area contributed by atoms with Crippen LogP contribution in [0.25, 0.3) is 0 Å². The summed E-state index contributed by atoms with van der Waals surface area (Å²) >= 11 is 0. The number of ether oxygens (including phenoxy) is 2. The molecule has 0 spiro atoms. The first-order valence-electron chi connectivity index (χ1n) is 24.8. The van der Waals surface area contributed by atoms with E-state index in [4.69, 9.17) is 9.47 Å². The summed E-state index contributed by atoms with van der Waals surface area (Å²) in [6.45, 7) is 15.8. The highest BCUT2D eigenvalue weighted by Gasteiger charge is 2.46. The molecule has 378 valence electrons. The minimum Gasteiger partial charge on any atom is -0.363 e. The molecule has 6 N–H and O–H groups in total. The van der Waals surface area contributed by atoms with E-state index in [9.17, 15) is 28.8 Å². The van der Waals surface area contributed by atoms with Gasteiger partial charge < -0.3 is 51.2 Å². The van der Waals surface area contributed by atoms with Gasteiger partial charge >= 0.3 is 0 Å². The summed E-state index contributed by atoms with van der Waals surface area (Å²) in [7, 11) is 3.37. The van der Waals surface area contributed by atoms with Gasteiger partial charge in [0.1, 0.15) is 37.4 Å². The number of rotatable bonds is 16. The zero-order chi connectivity index (χ0) is 50.9. The average Bonchev–Trinajstić information content (AvgIpc) is 4.15. The van der Waals surface area contributed by atoms with Crippen molar-refractivity contribution in [2.75, 3.05) is 40.4 Å². The van der Waals surface area contributed by atoms with Gasteiger partial charge in [-0.15, -0.1) is 0 Å². The van der Waals surface area contributed by atoms with Crippen LogP contribution in [0.15, 0.2) is 48.5 Å². The summed E-state index contributed by atoms with van der Waals surface area (Å²) in [5.41, 5.74) is 2.84. The molecule has 2 aliphatic heterocycles. The molecule has 6 amide bonds. The van der Waals surface area contributed by atoms with Crippen molar-refractivity contribution in [2.45, 2.75) is 154 Å². The number of carbonyl (C=O) groups is 6. The predicted molar refractivity (Wildman–Crippen MR) is 266 cm³/mol. The molecular formula is C54H74N8O8. The van der Waals surface area contributed by atoms with Crippen LogP contribution in [0, 0.1) is 34.5 Å². The van der Waals surface area contributed by atoms with Gasteiger partial charge in [-0.25, -0.2) is 0 Å². The number of likely N-dealkylation sites (tertiary alicyclic amines) is 2. The van der Waals surface area contributed by atoms with Crippen molar-refractivity contribution in [2.24, 2.45) is 10.8 Å². The number of likely N-dealkylation sites (N-methyl/N-ethyl adjacent to an activating group) is 2. The van der Waals surface area contributed by atoms with E-state index in [0.29, 0.717) is 51.6 Å². The number of nitrogens with one attached hydrogen (secondary N) is 6. The van der Waals surface area contributed by atoms with E-state index in [-0.39, 0.29) is 48.7 Å². The number of carbonyl (C=O) groups excluding carboxylic acids is 6. The van der Waals surface area contributed by atoms with E-state index in [1.165, 1.54) is 0 Å². The van der Waals surface area contributed by atoms with Crippen molar-refractivity contribution in [3.05, 3.63) is 70.8 Å². The summed E-state index contributed by atoms with van der Waals surface area (Å²) in [6.07, 6.45) is 2.68. The SMILES string of the molecule is CN[C@@H](C)C(=O)N[C@H](C(=O)N1CCC[C@H]1C(=O)N[C@H]1c2ccccc2C[C@@H]1OCC#CC#CCO[C@H]1Cc2ccccc2[C@@H]1NC(=O)[C@@H]1CCCN1C(=O)[C@@H](NC(=O)[C@H](C)NC)C(C)(C)C)C(C)(C)C.